The van der Waals surface area contributed by atoms with E-state index in [1.807, 2.05) is 30.3 Å². The molecule has 2 nitrogen and oxygen atoms in total. The van der Waals surface area contributed by atoms with Crippen molar-refractivity contribution in [1.82, 2.24) is 0 Å². The van der Waals surface area contributed by atoms with Crippen LogP contribution in [0.1, 0.15) is 29.6 Å². The Balaban J connectivity index is 1.70. The minimum absolute atomic E-state index is 0.307. The molecule has 1 fully saturated rings. The van der Waals surface area contributed by atoms with Crippen molar-refractivity contribution in [3.05, 3.63) is 72.3 Å². The molecule has 0 N–H and O–H groups in total. The lowest BCUT2D eigenvalue weighted by atomic mass is 10.1. The molecule has 1 aliphatic rings. The van der Waals surface area contributed by atoms with Crippen molar-refractivity contribution >= 4 is 27.6 Å². The summed E-state index contributed by atoms with van der Waals surface area (Å²) in [5, 5.41) is 2.26. The molecule has 0 unspecified atom stereocenters. The lowest BCUT2D eigenvalue weighted by Crippen LogP contribution is -2.18. The number of rotatable bonds is 3. The maximum Gasteiger partial charge on any atom is 0.343 e. The molecule has 0 bridgehead atoms. The highest BCUT2D eigenvalue weighted by atomic mass is 32.2. The summed E-state index contributed by atoms with van der Waals surface area (Å²) >= 11 is 0. The summed E-state index contributed by atoms with van der Waals surface area (Å²) in [5.74, 6) is 2.91. The van der Waals surface area contributed by atoms with E-state index < -0.39 is 0 Å². The van der Waals surface area contributed by atoms with Crippen LogP contribution < -0.4 is 4.74 Å². The van der Waals surface area contributed by atoms with E-state index in [4.69, 9.17) is 4.74 Å². The first-order valence-electron chi connectivity index (χ1n) is 8.79. The van der Waals surface area contributed by atoms with E-state index in [9.17, 15) is 4.79 Å². The Kier molecular flexibility index (Phi) is 4.75. The number of carbonyl (C=O) groups excluding carboxylic acids is 1. The normalized spacial score (nSPS) is 15.2. The fourth-order valence-corrected chi connectivity index (χ4v) is 5.87. The number of ether oxygens (including phenoxy) is 1. The zero-order chi connectivity index (χ0) is 17.1. The molecule has 0 spiro atoms. The van der Waals surface area contributed by atoms with Gasteiger partial charge in [0.2, 0.25) is 0 Å². The van der Waals surface area contributed by atoms with Gasteiger partial charge in [-0.3, -0.25) is 0 Å². The van der Waals surface area contributed by atoms with E-state index in [0.717, 1.165) is 5.39 Å². The third kappa shape index (κ3) is 3.42. The number of carbonyl (C=O) groups is 1. The third-order valence-corrected chi connectivity index (χ3v) is 7.19. The largest absolute Gasteiger partial charge is 0.422 e. The molecule has 3 aromatic carbocycles. The number of hydrogen-bond donors (Lipinski definition) is 0. The first-order valence-corrected chi connectivity index (χ1v) is 10.4. The molecule has 0 amide bonds. The first kappa shape index (κ1) is 16.2. The summed E-state index contributed by atoms with van der Waals surface area (Å²) in [6.07, 6.45) is 4.00. The fraction of sp³-hybridized carbons (Fsp3) is 0.227. The second-order valence-electron chi connectivity index (χ2n) is 6.32. The van der Waals surface area contributed by atoms with E-state index >= 15 is 0 Å². The second-order valence-corrected chi connectivity index (χ2v) is 8.57. The van der Waals surface area contributed by atoms with Crippen molar-refractivity contribution in [2.75, 3.05) is 11.5 Å². The maximum atomic E-state index is 12.4. The van der Waals surface area contributed by atoms with E-state index in [-0.39, 0.29) is 5.97 Å². The molecule has 0 aromatic heterocycles. The van der Waals surface area contributed by atoms with Gasteiger partial charge in [0.25, 0.3) is 0 Å². The summed E-state index contributed by atoms with van der Waals surface area (Å²) in [6, 6.07) is 21.6. The molecule has 0 radical (unpaired) electrons. The Hall–Kier alpha value is -2.26. The average Bonchev–Trinajstić information content (AvgIpc) is 2.69. The van der Waals surface area contributed by atoms with E-state index in [2.05, 4.69) is 24.3 Å². The van der Waals surface area contributed by atoms with E-state index in [0.29, 0.717) is 22.2 Å². The molecule has 0 atom stereocenters. The van der Waals surface area contributed by atoms with Crippen LogP contribution in [0.2, 0.25) is 0 Å². The minimum Gasteiger partial charge on any atom is -0.422 e. The highest BCUT2D eigenvalue weighted by Gasteiger charge is 2.27. The van der Waals surface area contributed by atoms with Gasteiger partial charge in [-0.25, -0.2) is 4.79 Å². The SMILES string of the molecule is O=C(Oc1ccc([S+]2CCCCC2)c2ccccc12)c1ccccc1. The van der Waals surface area contributed by atoms with Gasteiger partial charge in [-0.05, 0) is 49.6 Å². The van der Waals surface area contributed by atoms with Crippen molar-refractivity contribution in [1.29, 1.82) is 0 Å². The van der Waals surface area contributed by atoms with Crippen molar-refractivity contribution in [2.45, 2.75) is 24.2 Å². The Morgan fingerprint density at radius 1 is 0.760 bits per heavy atom. The molecule has 1 heterocycles. The predicted molar refractivity (Wildman–Crippen MR) is 105 cm³/mol. The van der Waals surface area contributed by atoms with Gasteiger partial charge in [0.1, 0.15) is 17.3 Å². The van der Waals surface area contributed by atoms with Gasteiger partial charge in [-0.2, -0.15) is 0 Å². The monoisotopic (exact) mass is 349 g/mol. The lowest BCUT2D eigenvalue weighted by molar-refractivity contribution is 0.0737. The van der Waals surface area contributed by atoms with Crippen LogP contribution in [0.5, 0.6) is 5.75 Å². The average molecular weight is 349 g/mol. The number of benzene rings is 3. The van der Waals surface area contributed by atoms with Gasteiger partial charge >= 0.3 is 5.97 Å². The van der Waals surface area contributed by atoms with Crippen LogP contribution in [0, 0.1) is 0 Å². The van der Waals surface area contributed by atoms with E-state index in [1.54, 1.807) is 12.1 Å². The van der Waals surface area contributed by atoms with Crippen molar-refractivity contribution in [3.8, 4) is 5.75 Å². The number of esters is 1. The van der Waals surface area contributed by atoms with Crippen LogP contribution in [-0.2, 0) is 10.9 Å². The molecule has 1 saturated heterocycles. The molecule has 25 heavy (non-hydrogen) atoms. The minimum atomic E-state index is -0.307. The van der Waals surface area contributed by atoms with Gasteiger partial charge < -0.3 is 4.74 Å². The summed E-state index contributed by atoms with van der Waals surface area (Å²) in [6.45, 7) is 0. The fourth-order valence-electron chi connectivity index (χ4n) is 3.37. The second kappa shape index (κ2) is 7.32. The molecular formula is C22H21O2S+. The van der Waals surface area contributed by atoms with Crippen LogP contribution in [0.25, 0.3) is 10.8 Å². The topological polar surface area (TPSA) is 26.3 Å². The van der Waals surface area contributed by atoms with Crippen LogP contribution in [0.15, 0.2) is 71.6 Å². The Morgan fingerprint density at radius 3 is 2.20 bits per heavy atom. The Labute approximate surface area is 151 Å². The molecule has 3 aromatic rings. The predicted octanol–water partition coefficient (Wildman–Crippen LogP) is 5.22. The quantitative estimate of drug-likeness (QED) is 0.368. The Morgan fingerprint density at radius 2 is 1.44 bits per heavy atom. The first-order chi connectivity index (χ1) is 12.3. The van der Waals surface area contributed by atoms with E-state index in [1.165, 1.54) is 41.0 Å². The van der Waals surface area contributed by atoms with Crippen molar-refractivity contribution in [3.63, 3.8) is 0 Å². The number of hydrogen-bond acceptors (Lipinski definition) is 2. The smallest absolute Gasteiger partial charge is 0.343 e. The molecule has 126 valence electrons. The highest BCUT2D eigenvalue weighted by molar-refractivity contribution is 7.97. The molecular weight excluding hydrogens is 328 g/mol. The summed E-state index contributed by atoms with van der Waals surface area (Å²) in [7, 11) is 0.320. The molecule has 0 aliphatic carbocycles. The molecule has 3 heteroatoms. The Bertz CT molecular complexity index is 883. The molecule has 0 saturated carbocycles. The molecule has 1 aliphatic heterocycles. The summed E-state index contributed by atoms with van der Waals surface area (Å²) < 4.78 is 5.72. The zero-order valence-corrected chi connectivity index (χ0v) is 14.9. The van der Waals surface area contributed by atoms with Gasteiger partial charge in [-0.1, -0.05) is 36.4 Å². The van der Waals surface area contributed by atoms with Gasteiger partial charge in [0.05, 0.1) is 5.56 Å². The maximum absolute atomic E-state index is 12.4. The zero-order valence-electron chi connectivity index (χ0n) is 14.1. The van der Waals surface area contributed by atoms with Gasteiger partial charge in [0, 0.05) is 21.7 Å². The van der Waals surface area contributed by atoms with Crippen molar-refractivity contribution in [2.24, 2.45) is 0 Å². The van der Waals surface area contributed by atoms with Crippen LogP contribution >= 0.6 is 0 Å². The van der Waals surface area contributed by atoms with Gasteiger partial charge in [0.15, 0.2) is 4.90 Å². The standard InChI is InChI=1S/C22H21O2S/c23-22(17-9-3-1-4-10-17)24-20-13-14-21(25-15-7-2-8-16-25)19-12-6-5-11-18(19)20/h1,3-6,9-14H,2,7-8,15-16H2/q+1. The van der Waals surface area contributed by atoms with Crippen LogP contribution in [0.3, 0.4) is 0 Å². The molecule has 4 rings (SSSR count). The summed E-state index contributed by atoms with van der Waals surface area (Å²) in [5.41, 5.74) is 0.574. The van der Waals surface area contributed by atoms with Crippen LogP contribution in [0.4, 0.5) is 0 Å². The van der Waals surface area contributed by atoms with Crippen molar-refractivity contribution < 1.29 is 9.53 Å². The number of fused-ring (bicyclic) bond motifs is 1. The highest BCUT2D eigenvalue weighted by Crippen LogP contribution is 2.34. The van der Waals surface area contributed by atoms with Crippen LogP contribution in [-0.4, -0.2) is 17.5 Å². The third-order valence-electron chi connectivity index (χ3n) is 4.65. The summed E-state index contributed by atoms with van der Waals surface area (Å²) in [4.78, 5) is 13.8. The van der Waals surface area contributed by atoms with Gasteiger partial charge in [-0.15, -0.1) is 0 Å². The lowest BCUT2D eigenvalue weighted by Gasteiger charge is -2.16.